The van der Waals surface area contributed by atoms with Gasteiger partial charge in [0.1, 0.15) is 0 Å². The van der Waals surface area contributed by atoms with E-state index in [2.05, 4.69) is 48.4 Å². The number of aromatic amines is 1. The first-order valence-corrected chi connectivity index (χ1v) is 5.49. The van der Waals surface area contributed by atoms with Crippen LogP contribution in [-0.4, -0.2) is 11.5 Å². The molecule has 15 heavy (non-hydrogen) atoms. The molecule has 0 spiro atoms. The fourth-order valence-corrected chi connectivity index (χ4v) is 2.69. The van der Waals surface area contributed by atoms with E-state index >= 15 is 0 Å². The summed E-state index contributed by atoms with van der Waals surface area (Å²) in [5.74, 6) is 0. The van der Waals surface area contributed by atoms with Crippen molar-refractivity contribution in [2.75, 3.05) is 6.54 Å². The van der Waals surface area contributed by atoms with Gasteiger partial charge in [0.15, 0.2) is 0 Å². The van der Waals surface area contributed by atoms with Crippen molar-refractivity contribution in [1.29, 1.82) is 0 Å². The highest BCUT2D eigenvalue weighted by molar-refractivity contribution is 5.86. The van der Waals surface area contributed by atoms with Crippen molar-refractivity contribution in [3.8, 4) is 0 Å². The van der Waals surface area contributed by atoms with Crippen LogP contribution in [0.5, 0.6) is 0 Å². The highest BCUT2D eigenvalue weighted by atomic mass is 14.9. The van der Waals surface area contributed by atoms with Gasteiger partial charge < -0.3 is 10.3 Å². The van der Waals surface area contributed by atoms with Crippen LogP contribution in [0, 0.1) is 0 Å². The standard InChI is InChI=1S/C13H16N2/c1-13(2)8-14-7-11-12(13)9-5-3-4-6-10(9)15-11/h3-6,14-15H,7-8H2,1-2H3. The van der Waals surface area contributed by atoms with Crippen LogP contribution in [0.2, 0.25) is 0 Å². The second-order valence-corrected chi connectivity index (χ2v) is 5.01. The molecular weight excluding hydrogens is 184 g/mol. The van der Waals surface area contributed by atoms with Crippen LogP contribution < -0.4 is 5.32 Å². The van der Waals surface area contributed by atoms with E-state index in [4.69, 9.17) is 0 Å². The van der Waals surface area contributed by atoms with Crippen LogP contribution in [0.15, 0.2) is 24.3 Å². The largest absolute Gasteiger partial charge is 0.357 e. The predicted octanol–water partition coefficient (Wildman–Crippen LogP) is 2.55. The normalized spacial score (nSPS) is 19.1. The van der Waals surface area contributed by atoms with E-state index < -0.39 is 0 Å². The lowest BCUT2D eigenvalue weighted by Gasteiger charge is -2.31. The van der Waals surface area contributed by atoms with Crippen LogP contribution >= 0.6 is 0 Å². The molecular formula is C13H16N2. The molecule has 0 atom stereocenters. The van der Waals surface area contributed by atoms with Crippen LogP contribution in [0.3, 0.4) is 0 Å². The lowest BCUT2D eigenvalue weighted by atomic mass is 9.80. The van der Waals surface area contributed by atoms with Gasteiger partial charge in [-0.25, -0.2) is 0 Å². The minimum atomic E-state index is 0.229. The summed E-state index contributed by atoms with van der Waals surface area (Å²) >= 11 is 0. The summed E-state index contributed by atoms with van der Waals surface area (Å²) in [6, 6.07) is 8.58. The van der Waals surface area contributed by atoms with Crippen LogP contribution in [0.4, 0.5) is 0 Å². The highest BCUT2D eigenvalue weighted by Crippen LogP contribution is 2.35. The number of nitrogens with one attached hydrogen (secondary N) is 2. The minimum Gasteiger partial charge on any atom is -0.357 e. The quantitative estimate of drug-likeness (QED) is 0.672. The van der Waals surface area contributed by atoms with Gasteiger partial charge in [-0.1, -0.05) is 32.0 Å². The van der Waals surface area contributed by atoms with Gasteiger partial charge in [0, 0.05) is 35.1 Å². The molecule has 2 aromatic rings. The first kappa shape index (κ1) is 8.98. The molecule has 0 fully saturated rings. The molecule has 0 unspecified atom stereocenters. The van der Waals surface area contributed by atoms with Crippen molar-refractivity contribution in [2.24, 2.45) is 0 Å². The van der Waals surface area contributed by atoms with Crippen LogP contribution in [-0.2, 0) is 12.0 Å². The van der Waals surface area contributed by atoms with Gasteiger partial charge in [-0.3, -0.25) is 0 Å². The molecule has 1 aromatic carbocycles. The number of hydrogen-bond donors (Lipinski definition) is 2. The fourth-order valence-electron chi connectivity index (χ4n) is 2.69. The second-order valence-electron chi connectivity index (χ2n) is 5.01. The molecule has 0 amide bonds. The summed E-state index contributed by atoms with van der Waals surface area (Å²) in [5.41, 5.74) is 4.34. The van der Waals surface area contributed by atoms with Gasteiger partial charge in [-0.2, -0.15) is 0 Å². The van der Waals surface area contributed by atoms with Crippen molar-refractivity contribution >= 4 is 10.9 Å². The van der Waals surface area contributed by atoms with E-state index in [1.807, 2.05) is 0 Å². The first-order chi connectivity index (χ1) is 7.18. The summed E-state index contributed by atoms with van der Waals surface area (Å²) < 4.78 is 0. The van der Waals surface area contributed by atoms with Gasteiger partial charge in [-0.15, -0.1) is 0 Å². The smallest absolute Gasteiger partial charge is 0.0459 e. The van der Waals surface area contributed by atoms with Crippen molar-refractivity contribution in [3.05, 3.63) is 35.5 Å². The Balaban J connectivity index is 2.37. The Hall–Kier alpha value is -1.28. The molecule has 2 nitrogen and oxygen atoms in total. The van der Waals surface area contributed by atoms with Gasteiger partial charge >= 0.3 is 0 Å². The number of H-pyrrole nitrogens is 1. The molecule has 0 saturated heterocycles. The van der Waals surface area contributed by atoms with E-state index in [1.54, 1.807) is 0 Å². The molecule has 78 valence electrons. The lowest BCUT2D eigenvalue weighted by molar-refractivity contribution is 0.435. The van der Waals surface area contributed by atoms with E-state index in [0.29, 0.717) is 0 Å². The minimum absolute atomic E-state index is 0.229. The van der Waals surface area contributed by atoms with E-state index in [0.717, 1.165) is 13.1 Å². The Morgan fingerprint density at radius 2 is 2.00 bits per heavy atom. The number of rotatable bonds is 0. The average Bonchev–Trinajstić information content (AvgIpc) is 2.56. The molecule has 0 aliphatic carbocycles. The number of para-hydroxylation sites is 1. The molecule has 2 heterocycles. The summed E-state index contributed by atoms with van der Waals surface area (Å²) in [5, 5.41) is 4.85. The summed E-state index contributed by atoms with van der Waals surface area (Å²) in [6.07, 6.45) is 0. The van der Waals surface area contributed by atoms with E-state index in [1.165, 1.54) is 22.2 Å². The number of aromatic nitrogens is 1. The van der Waals surface area contributed by atoms with Gasteiger partial charge in [-0.05, 0) is 11.6 Å². The summed E-state index contributed by atoms with van der Waals surface area (Å²) in [7, 11) is 0. The van der Waals surface area contributed by atoms with Gasteiger partial charge in [0.25, 0.3) is 0 Å². The maximum atomic E-state index is 3.51. The van der Waals surface area contributed by atoms with E-state index in [9.17, 15) is 0 Å². The molecule has 0 bridgehead atoms. The molecule has 0 radical (unpaired) electrons. The molecule has 3 rings (SSSR count). The Labute approximate surface area is 89.7 Å². The zero-order valence-electron chi connectivity index (χ0n) is 9.22. The number of fused-ring (bicyclic) bond motifs is 3. The maximum absolute atomic E-state index is 3.51. The van der Waals surface area contributed by atoms with Gasteiger partial charge in [0.05, 0.1) is 0 Å². The second kappa shape index (κ2) is 2.86. The third kappa shape index (κ3) is 1.21. The highest BCUT2D eigenvalue weighted by Gasteiger charge is 2.30. The molecule has 2 N–H and O–H groups in total. The van der Waals surface area contributed by atoms with Crippen molar-refractivity contribution in [3.63, 3.8) is 0 Å². The Morgan fingerprint density at radius 3 is 2.87 bits per heavy atom. The fraction of sp³-hybridized carbons (Fsp3) is 0.385. The van der Waals surface area contributed by atoms with Gasteiger partial charge in [0.2, 0.25) is 0 Å². The Bertz CT molecular complexity index is 508. The first-order valence-electron chi connectivity index (χ1n) is 5.49. The molecule has 0 saturated carbocycles. The predicted molar refractivity (Wildman–Crippen MR) is 63.0 cm³/mol. The Kier molecular flexibility index (Phi) is 1.71. The van der Waals surface area contributed by atoms with Crippen molar-refractivity contribution < 1.29 is 0 Å². The van der Waals surface area contributed by atoms with Crippen LogP contribution in [0.25, 0.3) is 10.9 Å². The zero-order chi connectivity index (χ0) is 10.5. The maximum Gasteiger partial charge on any atom is 0.0459 e. The summed E-state index contributed by atoms with van der Waals surface area (Å²) in [4.78, 5) is 3.51. The monoisotopic (exact) mass is 200 g/mol. The number of benzene rings is 1. The topological polar surface area (TPSA) is 27.8 Å². The van der Waals surface area contributed by atoms with Crippen LogP contribution in [0.1, 0.15) is 25.1 Å². The summed E-state index contributed by atoms with van der Waals surface area (Å²) in [6.45, 7) is 6.63. The molecule has 1 aromatic heterocycles. The Morgan fingerprint density at radius 1 is 1.20 bits per heavy atom. The third-order valence-corrected chi connectivity index (χ3v) is 3.33. The van der Waals surface area contributed by atoms with Crippen molar-refractivity contribution in [1.82, 2.24) is 10.3 Å². The molecule has 1 aliphatic rings. The zero-order valence-corrected chi connectivity index (χ0v) is 9.22. The van der Waals surface area contributed by atoms with E-state index in [-0.39, 0.29) is 5.41 Å². The molecule has 2 heteroatoms. The average molecular weight is 200 g/mol. The molecule has 1 aliphatic heterocycles. The SMILES string of the molecule is CC1(C)CNCc2[nH]c3ccccc3c21. The third-order valence-electron chi connectivity index (χ3n) is 3.33. The number of hydrogen-bond acceptors (Lipinski definition) is 1. The van der Waals surface area contributed by atoms with Crippen molar-refractivity contribution in [2.45, 2.75) is 25.8 Å². The lowest BCUT2D eigenvalue weighted by Crippen LogP contribution is -2.38.